The highest BCUT2D eigenvalue weighted by Gasteiger charge is 2.24. The van der Waals surface area contributed by atoms with Crippen molar-refractivity contribution in [3.05, 3.63) is 0 Å². The SMILES string of the molecule is CC.COC1(C)CCCOCC1. The Hall–Kier alpha value is -0.0800. The standard InChI is InChI=1S/C8H16O2.C2H6/c1-8(9-2)4-3-6-10-7-5-8;1-2/h3-7H2,1-2H3;1-2H3. The van der Waals surface area contributed by atoms with Crippen LogP contribution in [-0.4, -0.2) is 25.9 Å². The van der Waals surface area contributed by atoms with E-state index in [0.717, 1.165) is 32.5 Å². The lowest BCUT2D eigenvalue weighted by molar-refractivity contribution is -0.0102. The van der Waals surface area contributed by atoms with Gasteiger partial charge in [0.1, 0.15) is 0 Å². The first-order chi connectivity index (χ1) is 5.77. The molecule has 1 aliphatic rings. The van der Waals surface area contributed by atoms with Crippen molar-refractivity contribution in [2.24, 2.45) is 0 Å². The largest absolute Gasteiger partial charge is 0.381 e. The van der Waals surface area contributed by atoms with Gasteiger partial charge in [0.25, 0.3) is 0 Å². The molecule has 1 atom stereocenters. The topological polar surface area (TPSA) is 18.5 Å². The summed E-state index contributed by atoms with van der Waals surface area (Å²) in [5.74, 6) is 0. The molecule has 0 saturated carbocycles. The second-order valence-electron chi connectivity index (χ2n) is 3.12. The second-order valence-corrected chi connectivity index (χ2v) is 3.12. The number of rotatable bonds is 1. The summed E-state index contributed by atoms with van der Waals surface area (Å²) in [6.45, 7) is 7.91. The van der Waals surface area contributed by atoms with E-state index >= 15 is 0 Å². The molecule has 1 saturated heterocycles. The summed E-state index contributed by atoms with van der Waals surface area (Å²) in [7, 11) is 1.78. The van der Waals surface area contributed by atoms with Gasteiger partial charge in [-0.25, -0.2) is 0 Å². The zero-order chi connectivity index (χ0) is 9.45. The van der Waals surface area contributed by atoms with Crippen LogP contribution in [0.25, 0.3) is 0 Å². The third-order valence-electron chi connectivity index (χ3n) is 2.26. The van der Waals surface area contributed by atoms with Crippen LogP contribution in [0.1, 0.15) is 40.0 Å². The van der Waals surface area contributed by atoms with Crippen LogP contribution >= 0.6 is 0 Å². The van der Waals surface area contributed by atoms with Crippen LogP contribution in [0, 0.1) is 0 Å². The Bertz CT molecular complexity index is 94.0. The molecular weight excluding hydrogens is 152 g/mol. The molecule has 0 aliphatic carbocycles. The van der Waals surface area contributed by atoms with Gasteiger partial charge in [0.15, 0.2) is 0 Å². The molecule has 0 aromatic heterocycles. The predicted octanol–water partition coefficient (Wildman–Crippen LogP) is 2.62. The first-order valence-corrected chi connectivity index (χ1v) is 4.90. The highest BCUT2D eigenvalue weighted by atomic mass is 16.5. The van der Waals surface area contributed by atoms with E-state index in [2.05, 4.69) is 6.92 Å². The lowest BCUT2D eigenvalue weighted by atomic mass is 9.97. The molecule has 1 unspecified atom stereocenters. The number of ether oxygens (including phenoxy) is 2. The highest BCUT2D eigenvalue weighted by molar-refractivity contribution is 4.76. The Morgan fingerprint density at radius 1 is 1.17 bits per heavy atom. The highest BCUT2D eigenvalue weighted by Crippen LogP contribution is 2.23. The first-order valence-electron chi connectivity index (χ1n) is 4.90. The molecule has 2 heteroatoms. The van der Waals surface area contributed by atoms with E-state index in [9.17, 15) is 0 Å². The molecule has 0 amide bonds. The molecule has 74 valence electrons. The lowest BCUT2D eigenvalue weighted by Gasteiger charge is -2.25. The normalized spacial score (nSPS) is 30.0. The van der Waals surface area contributed by atoms with Gasteiger partial charge in [-0.15, -0.1) is 0 Å². The Kier molecular flexibility index (Phi) is 6.39. The molecular formula is C10H22O2. The minimum atomic E-state index is 0.0799. The number of hydrogen-bond acceptors (Lipinski definition) is 2. The van der Waals surface area contributed by atoms with Crippen molar-refractivity contribution in [1.29, 1.82) is 0 Å². The Morgan fingerprint density at radius 2 is 1.83 bits per heavy atom. The fourth-order valence-corrected chi connectivity index (χ4v) is 1.27. The van der Waals surface area contributed by atoms with Crippen molar-refractivity contribution in [1.82, 2.24) is 0 Å². The van der Waals surface area contributed by atoms with Crippen LogP contribution in [0.3, 0.4) is 0 Å². The maximum Gasteiger partial charge on any atom is 0.0673 e. The van der Waals surface area contributed by atoms with E-state index in [0.29, 0.717) is 0 Å². The summed E-state index contributed by atoms with van der Waals surface area (Å²) in [6.07, 6.45) is 3.29. The zero-order valence-electron chi connectivity index (χ0n) is 8.85. The minimum Gasteiger partial charge on any atom is -0.381 e. The fourth-order valence-electron chi connectivity index (χ4n) is 1.27. The van der Waals surface area contributed by atoms with Gasteiger partial charge in [-0.2, -0.15) is 0 Å². The van der Waals surface area contributed by atoms with Crippen LogP contribution in [0.4, 0.5) is 0 Å². The summed E-state index contributed by atoms with van der Waals surface area (Å²) in [5.41, 5.74) is 0.0799. The van der Waals surface area contributed by atoms with Gasteiger partial charge >= 0.3 is 0 Å². The molecule has 12 heavy (non-hydrogen) atoms. The second kappa shape index (κ2) is 6.44. The van der Waals surface area contributed by atoms with E-state index < -0.39 is 0 Å². The monoisotopic (exact) mass is 174 g/mol. The molecule has 1 rings (SSSR count). The average molecular weight is 174 g/mol. The van der Waals surface area contributed by atoms with Gasteiger partial charge in [0.2, 0.25) is 0 Å². The third kappa shape index (κ3) is 4.07. The Labute approximate surface area is 76.3 Å². The Balaban J connectivity index is 0.000000561. The van der Waals surface area contributed by atoms with Crippen molar-refractivity contribution in [3.63, 3.8) is 0 Å². The van der Waals surface area contributed by atoms with Gasteiger partial charge in [-0.1, -0.05) is 13.8 Å². The van der Waals surface area contributed by atoms with Gasteiger partial charge < -0.3 is 9.47 Å². The van der Waals surface area contributed by atoms with Crippen molar-refractivity contribution >= 4 is 0 Å². The molecule has 1 fully saturated rings. The molecule has 2 nitrogen and oxygen atoms in total. The summed E-state index contributed by atoms with van der Waals surface area (Å²) in [6, 6.07) is 0. The lowest BCUT2D eigenvalue weighted by Crippen LogP contribution is -2.27. The minimum absolute atomic E-state index is 0.0799. The van der Waals surface area contributed by atoms with Crippen LogP contribution < -0.4 is 0 Å². The summed E-state index contributed by atoms with van der Waals surface area (Å²) >= 11 is 0. The van der Waals surface area contributed by atoms with Gasteiger partial charge in [0.05, 0.1) is 5.60 Å². The van der Waals surface area contributed by atoms with Gasteiger partial charge in [-0.05, 0) is 26.2 Å². The molecule has 0 spiro atoms. The maximum atomic E-state index is 5.38. The van der Waals surface area contributed by atoms with E-state index in [-0.39, 0.29) is 5.60 Å². The third-order valence-corrected chi connectivity index (χ3v) is 2.26. The van der Waals surface area contributed by atoms with Crippen molar-refractivity contribution < 1.29 is 9.47 Å². The Morgan fingerprint density at radius 3 is 2.42 bits per heavy atom. The quantitative estimate of drug-likeness (QED) is 0.608. The summed E-state index contributed by atoms with van der Waals surface area (Å²) in [5, 5.41) is 0. The van der Waals surface area contributed by atoms with Crippen molar-refractivity contribution in [3.8, 4) is 0 Å². The maximum absolute atomic E-state index is 5.38. The fraction of sp³-hybridized carbons (Fsp3) is 1.00. The molecule has 0 N–H and O–H groups in total. The summed E-state index contributed by atoms with van der Waals surface area (Å²) < 4.78 is 10.7. The zero-order valence-corrected chi connectivity index (χ0v) is 8.85. The molecule has 1 heterocycles. The van der Waals surface area contributed by atoms with Crippen molar-refractivity contribution in [2.45, 2.75) is 45.6 Å². The van der Waals surface area contributed by atoms with Crippen molar-refractivity contribution in [2.75, 3.05) is 20.3 Å². The molecule has 0 aromatic carbocycles. The number of hydrogen-bond donors (Lipinski definition) is 0. The molecule has 0 radical (unpaired) electrons. The van der Waals surface area contributed by atoms with Gasteiger partial charge in [-0.3, -0.25) is 0 Å². The summed E-state index contributed by atoms with van der Waals surface area (Å²) in [4.78, 5) is 0. The van der Waals surface area contributed by atoms with Crippen LogP contribution in [-0.2, 0) is 9.47 Å². The first kappa shape index (κ1) is 11.9. The molecule has 1 aliphatic heterocycles. The smallest absolute Gasteiger partial charge is 0.0673 e. The van der Waals surface area contributed by atoms with E-state index in [1.165, 1.54) is 0 Å². The van der Waals surface area contributed by atoms with E-state index in [4.69, 9.17) is 9.47 Å². The molecule has 0 bridgehead atoms. The number of methoxy groups -OCH3 is 1. The van der Waals surface area contributed by atoms with Crippen LogP contribution in [0.5, 0.6) is 0 Å². The predicted molar refractivity (Wildman–Crippen MR) is 51.4 cm³/mol. The van der Waals surface area contributed by atoms with E-state index in [1.54, 1.807) is 7.11 Å². The van der Waals surface area contributed by atoms with Crippen LogP contribution in [0.15, 0.2) is 0 Å². The van der Waals surface area contributed by atoms with Crippen LogP contribution in [0.2, 0.25) is 0 Å². The van der Waals surface area contributed by atoms with Gasteiger partial charge in [0, 0.05) is 20.3 Å². The van der Waals surface area contributed by atoms with E-state index in [1.807, 2.05) is 13.8 Å². The average Bonchev–Trinajstić information content (AvgIpc) is 2.35. The molecule has 0 aromatic rings.